The van der Waals surface area contributed by atoms with Crippen LogP contribution in [-0.4, -0.2) is 14.8 Å². The van der Waals surface area contributed by atoms with Gasteiger partial charge in [-0.1, -0.05) is 26.0 Å². The van der Waals surface area contributed by atoms with Crippen LogP contribution in [0.2, 0.25) is 0 Å². The first-order chi connectivity index (χ1) is 9.50. The number of hydrogen-bond donors (Lipinski definition) is 2. The third-order valence-corrected chi connectivity index (χ3v) is 3.68. The summed E-state index contributed by atoms with van der Waals surface area (Å²) in [5.74, 6) is 6.25. The van der Waals surface area contributed by atoms with Crippen LogP contribution in [0.15, 0.2) is 30.6 Å². The number of aromatic nitrogens is 3. The maximum absolute atomic E-state index is 13.1. The topological polar surface area (TPSA) is 68.8 Å². The Morgan fingerprint density at radius 1 is 1.35 bits per heavy atom. The van der Waals surface area contributed by atoms with E-state index in [-0.39, 0.29) is 17.3 Å². The Morgan fingerprint density at radius 3 is 2.55 bits per heavy atom. The number of halogens is 1. The van der Waals surface area contributed by atoms with Crippen molar-refractivity contribution in [2.45, 2.75) is 38.8 Å². The lowest BCUT2D eigenvalue weighted by Gasteiger charge is -2.33. The normalized spacial score (nSPS) is 13.4. The molecule has 5 nitrogen and oxygen atoms in total. The molecule has 1 unspecified atom stereocenters. The van der Waals surface area contributed by atoms with Crippen LogP contribution in [0.1, 0.15) is 38.2 Å². The van der Waals surface area contributed by atoms with E-state index < -0.39 is 0 Å². The SMILES string of the molecule is CCn1ncnc1C(NN)C(C)(C)c1ccc(F)cc1. The molecule has 0 aliphatic heterocycles. The van der Waals surface area contributed by atoms with E-state index in [1.807, 2.05) is 20.8 Å². The van der Waals surface area contributed by atoms with E-state index in [1.54, 1.807) is 16.8 Å². The lowest BCUT2D eigenvalue weighted by molar-refractivity contribution is 0.325. The largest absolute Gasteiger partial charge is 0.271 e. The summed E-state index contributed by atoms with van der Waals surface area (Å²) in [6, 6.07) is 6.22. The first-order valence-corrected chi connectivity index (χ1v) is 6.60. The average Bonchev–Trinajstić information content (AvgIpc) is 2.88. The fraction of sp³-hybridized carbons (Fsp3) is 0.429. The number of rotatable bonds is 5. The molecule has 20 heavy (non-hydrogen) atoms. The lowest BCUT2D eigenvalue weighted by atomic mass is 9.77. The summed E-state index contributed by atoms with van der Waals surface area (Å²) in [5.41, 5.74) is 3.44. The Balaban J connectivity index is 2.41. The highest BCUT2D eigenvalue weighted by Crippen LogP contribution is 2.35. The Kier molecular flexibility index (Phi) is 4.15. The van der Waals surface area contributed by atoms with Gasteiger partial charge in [0.15, 0.2) is 0 Å². The number of hydrogen-bond acceptors (Lipinski definition) is 4. The third-order valence-electron chi connectivity index (χ3n) is 3.68. The Hall–Kier alpha value is -1.79. The minimum absolute atomic E-state index is 0.226. The van der Waals surface area contributed by atoms with Crippen LogP contribution in [-0.2, 0) is 12.0 Å². The second kappa shape index (κ2) is 5.68. The molecule has 0 bridgehead atoms. The maximum atomic E-state index is 13.1. The van der Waals surface area contributed by atoms with Crippen LogP contribution in [0.4, 0.5) is 4.39 Å². The molecule has 0 spiro atoms. The van der Waals surface area contributed by atoms with Gasteiger partial charge in [0.05, 0.1) is 6.04 Å². The first kappa shape index (κ1) is 14.6. The highest BCUT2D eigenvalue weighted by Gasteiger charge is 2.35. The van der Waals surface area contributed by atoms with Crippen LogP contribution in [0.25, 0.3) is 0 Å². The number of hydrazine groups is 1. The summed E-state index contributed by atoms with van der Waals surface area (Å²) in [7, 11) is 0. The quantitative estimate of drug-likeness (QED) is 0.647. The molecule has 1 aromatic heterocycles. The fourth-order valence-corrected chi connectivity index (χ4v) is 2.39. The molecule has 0 saturated heterocycles. The van der Waals surface area contributed by atoms with Gasteiger partial charge in [-0.2, -0.15) is 5.10 Å². The van der Waals surface area contributed by atoms with E-state index >= 15 is 0 Å². The van der Waals surface area contributed by atoms with E-state index in [9.17, 15) is 4.39 Å². The second-order valence-electron chi connectivity index (χ2n) is 5.26. The maximum Gasteiger partial charge on any atom is 0.146 e. The molecular formula is C14H20FN5. The molecule has 0 fully saturated rings. The zero-order valence-electron chi connectivity index (χ0n) is 12.0. The number of nitrogens with zero attached hydrogens (tertiary/aromatic N) is 3. The van der Waals surface area contributed by atoms with Gasteiger partial charge in [0.25, 0.3) is 0 Å². The van der Waals surface area contributed by atoms with Gasteiger partial charge in [0.1, 0.15) is 18.0 Å². The summed E-state index contributed by atoms with van der Waals surface area (Å²) in [4.78, 5) is 4.30. The molecule has 1 atom stereocenters. The molecule has 6 heteroatoms. The summed E-state index contributed by atoms with van der Waals surface area (Å²) < 4.78 is 14.9. The number of benzene rings is 1. The molecule has 1 aromatic carbocycles. The van der Waals surface area contributed by atoms with Gasteiger partial charge in [-0.3, -0.25) is 5.84 Å². The van der Waals surface area contributed by atoms with Crippen molar-refractivity contribution < 1.29 is 4.39 Å². The molecule has 0 amide bonds. The lowest BCUT2D eigenvalue weighted by Crippen LogP contribution is -2.42. The van der Waals surface area contributed by atoms with Crippen molar-refractivity contribution in [2.75, 3.05) is 0 Å². The van der Waals surface area contributed by atoms with Crippen molar-refractivity contribution in [3.8, 4) is 0 Å². The highest BCUT2D eigenvalue weighted by molar-refractivity contribution is 5.28. The van der Waals surface area contributed by atoms with Gasteiger partial charge in [0, 0.05) is 12.0 Å². The predicted molar refractivity (Wildman–Crippen MR) is 75.2 cm³/mol. The van der Waals surface area contributed by atoms with Crippen molar-refractivity contribution in [1.82, 2.24) is 20.2 Å². The van der Waals surface area contributed by atoms with Gasteiger partial charge < -0.3 is 0 Å². The molecule has 0 saturated carbocycles. The molecule has 1 heterocycles. The molecule has 0 radical (unpaired) electrons. The van der Waals surface area contributed by atoms with Crippen molar-refractivity contribution in [3.05, 3.63) is 47.8 Å². The van der Waals surface area contributed by atoms with Crippen LogP contribution in [0.5, 0.6) is 0 Å². The summed E-state index contributed by atoms with van der Waals surface area (Å²) in [5, 5.41) is 4.17. The minimum atomic E-state index is -0.359. The molecular weight excluding hydrogens is 257 g/mol. The van der Waals surface area contributed by atoms with E-state index in [0.717, 1.165) is 11.4 Å². The Labute approximate surface area is 118 Å². The fourth-order valence-electron chi connectivity index (χ4n) is 2.39. The number of nitrogens with two attached hydrogens (primary N) is 1. The molecule has 0 aliphatic carbocycles. The van der Waals surface area contributed by atoms with Gasteiger partial charge >= 0.3 is 0 Å². The Bertz CT molecular complexity index is 561. The average molecular weight is 277 g/mol. The van der Waals surface area contributed by atoms with E-state index in [1.165, 1.54) is 18.5 Å². The highest BCUT2D eigenvalue weighted by atomic mass is 19.1. The zero-order valence-corrected chi connectivity index (χ0v) is 12.0. The summed E-state index contributed by atoms with van der Waals surface area (Å²) in [6.07, 6.45) is 1.52. The zero-order chi connectivity index (χ0) is 14.8. The van der Waals surface area contributed by atoms with Gasteiger partial charge in [-0.15, -0.1) is 0 Å². The van der Waals surface area contributed by atoms with Crippen LogP contribution in [0, 0.1) is 5.82 Å². The van der Waals surface area contributed by atoms with Crippen molar-refractivity contribution in [2.24, 2.45) is 5.84 Å². The van der Waals surface area contributed by atoms with Crippen LogP contribution < -0.4 is 11.3 Å². The molecule has 2 rings (SSSR count). The van der Waals surface area contributed by atoms with E-state index in [0.29, 0.717) is 6.54 Å². The third kappa shape index (κ3) is 2.57. The van der Waals surface area contributed by atoms with Crippen LogP contribution in [0.3, 0.4) is 0 Å². The molecule has 2 aromatic rings. The summed E-state index contributed by atoms with van der Waals surface area (Å²) in [6.45, 7) is 6.79. The standard InChI is InChI=1S/C14H20FN5/c1-4-20-13(17-9-18-20)12(19-16)14(2,3)10-5-7-11(15)8-6-10/h5-9,12,19H,4,16H2,1-3H3. The van der Waals surface area contributed by atoms with Gasteiger partial charge in [-0.05, 0) is 24.6 Å². The predicted octanol–water partition coefficient (Wildman–Crippen LogP) is 1.92. The van der Waals surface area contributed by atoms with Crippen molar-refractivity contribution in [3.63, 3.8) is 0 Å². The first-order valence-electron chi connectivity index (χ1n) is 6.60. The molecule has 0 aliphatic rings. The van der Waals surface area contributed by atoms with E-state index in [2.05, 4.69) is 15.5 Å². The Morgan fingerprint density at radius 2 is 2.00 bits per heavy atom. The van der Waals surface area contributed by atoms with Gasteiger partial charge in [0.2, 0.25) is 0 Å². The second-order valence-corrected chi connectivity index (χ2v) is 5.26. The van der Waals surface area contributed by atoms with E-state index in [4.69, 9.17) is 5.84 Å². The minimum Gasteiger partial charge on any atom is -0.271 e. The van der Waals surface area contributed by atoms with Gasteiger partial charge in [-0.25, -0.2) is 19.5 Å². The number of aryl methyl sites for hydroxylation is 1. The number of nitrogens with one attached hydrogen (secondary N) is 1. The molecule has 108 valence electrons. The summed E-state index contributed by atoms with van der Waals surface area (Å²) >= 11 is 0. The van der Waals surface area contributed by atoms with Crippen molar-refractivity contribution in [1.29, 1.82) is 0 Å². The van der Waals surface area contributed by atoms with Crippen molar-refractivity contribution >= 4 is 0 Å². The van der Waals surface area contributed by atoms with Crippen LogP contribution >= 0.6 is 0 Å². The molecule has 3 N–H and O–H groups in total. The smallest absolute Gasteiger partial charge is 0.146 e. The monoisotopic (exact) mass is 277 g/mol.